The van der Waals surface area contributed by atoms with E-state index in [1.807, 2.05) is 38.1 Å². The number of aromatic nitrogens is 2. The third-order valence-electron chi connectivity index (χ3n) is 2.58. The molecule has 3 nitrogen and oxygen atoms in total. The van der Waals surface area contributed by atoms with Gasteiger partial charge in [0.15, 0.2) is 0 Å². The molecule has 17 heavy (non-hydrogen) atoms. The summed E-state index contributed by atoms with van der Waals surface area (Å²) in [5, 5.41) is 9.05. The second-order valence-electron chi connectivity index (χ2n) is 4.39. The highest BCUT2D eigenvalue weighted by molar-refractivity contribution is 9.10. The fourth-order valence-corrected chi connectivity index (χ4v) is 1.89. The first-order valence-electron chi connectivity index (χ1n) is 5.25. The molecule has 0 unspecified atom stereocenters. The molecule has 0 saturated heterocycles. The van der Waals surface area contributed by atoms with E-state index < -0.39 is 5.41 Å². The maximum Gasteiger partial charge on any atom is 0.126 e. The molecule has 0 saturated carbocycles. The van der Waals surface area contributed by atoms with Crippen LogP contribution in [0.4, 0.5) is 0 Å². The van der Waals surface area contributed by atoms with Crippen molar-refractivity contribution in [3.05, 3.63) is 40.8 Å². The van der Waals surface area contributed by atoms with E-state index in [1.165, 1.54) is 0 Å². The molecule has 4 heteroatoms. The van der Waals surface area contributed by atoms with E-state index in [-0.39, 0.29) is 0 Å². The van der Waals surface area contributed by atoms with E-state index in [0.29, 0.717) is 5.82 Å². The van der Waals surface area contributed by atoms with Crippen molar-refractivity contribution in [2.24, 2.45) is 0 Å². The topological polar surface area (TPSA) is 52.5 Å². The summed E-state index contributed by atoms with van der Waals surface area (Å²) in [4.78, 5) is 7.46. The summed E-state index contributed by atoms with van der Waals surface area (Å²) in [5.74, 6) is 0.690. The predicted octanol–water partition coefficient (Wildman–Crippen LogP) is 3.64. The van der Waals surface area contributed by atoms with E-state index in [2.05, 4.69) is 32.0 Å². The molecule has 0 spiro atoms. The first-order valence-corrected chi connectivity index (χ1v) is 6.05. The zero-order valence-corrected chi connectivity index (χ0v) is 11.2. The zero-order valence-electron chi connectivity index (χ0n) is 9.66. The molecule has 1 aromatic heterocycles. The average Bonchev–Trinajstić information content (AvgIpc) is 2.79. The number of benzene rings is 1. The minimum Gasteiger partial charge on any atom is -0.341 e. The summed E-state index contributed by atoms with van der Waals surface area (Å²) >= 11 is 3.43. The lowest BCUT2D eigenvalue weighted by atomic mass is 9.95. The molecule has 1 heterocycles. The smallest absolute Gasteiger partial charge is 0.126 e. The Morgan fingerprint density at radius 1 is 1.41 bits per heavy atom. The van der Waals surface area contributed by atoms with Crippen LogP contribution in [0.25, 0.3) is 11.3 Å². The van der Waals surface area contributed by atoms with Gasteiger partial charge in [-0.2, -0.15) is 5.26 Å². The lowest BCUT2D eigenvalue weighted by Crippen LogP contribution is -2.15. The van der Waals surface area contributed by atoms with Crippen molar-refractivity contribution in [1.29, 1.82) is 5.26 Å². The molecule has 0 aliphatic carbocycles. The predicted molar refractivity (Wildman–Crippen MR) is 70.4 cm³/mol. The van der Waals surface area contributed by atoms with Crippen LogP contribution < -0.4 is 0 Å². The van der Waals surface area contributed by atoms with Gasteiger partial charge in [0.05, 0.1) is 18.0 Å². The second-order valence-corrected chi connectivity index (χ2v) is 5.31. The Hall–Kier alpha value is -1.60. The van der Waals surface area contributed by atoms with Gasteiger partial charge < -0.3 is 4.98 Å². The number of rotatable bonds is 2. The van der Waals surface area contributed by atoms with Gasteiger partial charge in [0.2, 0.25) is 0 Å². The first kappa shape index (κ1) is 11.9. The lowest BCUT2D eigenvalue weighted by molar-refractivity contribution is 0.640. The highest BCUT2D eigenvalue weighted by Crippen LogP contribution is 2.25. The van der Waals surface area contributed by atoms with E-state index in [1.54, 1.807) is 6.20 Å². The Morgan fingerprint density at radius 2 is 2.18 bits per heavy atom. The zero-order chi connectivity index (χ0) is 12.5. The molecule has 1 aromatic carbocycles. The standard InChI is InChI=1S/C13H12BrN3/c1-13(2,8-15)12-16-7-11(17-12)9-4-3-5-10(14)6-9/h3-7H,1-2H3,(H,16,17). The number of hydrogen-bond acceptors (Lipinski definition) is 2. The van der Waals surface area contributed by atoms with Crippen LogP contribution in [0, 0.1) is 11.3 Å². The number of halogens is 1. The fraction of sp³-hybridized carbons (Fsp3) is 0.231. The van der Waals surface area contributed by atoms with Crippen LogP contribution in [0.3, 0.4) is 0 Å². The van der Waals surface area contributed by atoms with Crippen molar-refractivity contribution in [3.63, 3.8) is 0 Å². The average molecular weight is 290 g/mol. The minimum atomic E-state index is -0.593. The van der Waals surface area contributed by atoms with Crippen molar-refractivity contribution in [3.8, 4) is 17.3 Å². The summed E-state index contributed by atoms with van der Waals surface area (Å²) in [6.45, 7) is 3.69. The third-order valence-corrected chi connectivity index (χ3v) is 3.08. The fourth-order valence-electron chi connectivity index (χ4n) is 1.49. The normalized spacial score (nSPS) is 11.2. The van der Waals surface area contributed by atoms with Crippen LogP contribution in [0.5, 0.6) is 0 Å². The molecule has 0 aliphatic rings. The molecule has 86 valence electrons. The Kier molecular flexibility index (Phi) is 3.03. The Labute approximate surface area is 109 Å². The van der Waals surface area contributed by atoms with E-state index >= 15 is 0 Å². The molecule has 0 bridgehead atoms. The molecule has 2 rings (SSSR count). The Balaban J connectivity index is 2.41. The minimum absolute atomic E-state index is 0.593. The third kappa shape index (κ3) is 2.40. The van der Waals surface area contributed by atoms with E-state index in [0.717, 1.165) is 15.7 Å². The largest absolute Gasteiger partial charge is 0.341 e. The summed E-state index contributed by atoms with van der Waals surface area (Å²) in [5.41, 5.74) is 1.38. The van der Waals surface area contributed by atoms with Gasteiger partial charge in [0.1, 0.15) is 11.2 Å². The summed E-state index contributed by atoms with van der Waals surface area (Å²) in [6, 6.07) is 10.2. The lowest BCUT2D eigenvalue weighted by Gasteiger charge is -2.10. The molecule has 0 atom stereocenters. The monoisotopic (exact) mass is 289 g/mol. The number of aromatic amines is 1. The van der Waals surface area contributed by atoms with Gasteiger partial charge in [-0.25, -0.2) is 4.98 Å². The summed E-state index contributed by atoms with van der Waals surface area (Å²) in [6.07, 6.45) is 1.76. The maximum absolute atomic E-state index is 9.05. The first-order chi connectivity index (χ1) is 8.03. The van der Waals surface area contributed by atoms with Crippen LogP contribution in [-0.2, 0) is 5.41 Å². The van der Waals surface area contributed by atoms with Crippen LogP contribution >= 0.6 is 15.9 Å². The maximum atomic E-state index is 9.05. The SMILES string of the molecule is CC(C)(C#N)c1ncc(-c2cccc(Br)c2)[nH]1. The van der Waals surface area contributed by atoms with Gasteiger partial charge in [-0.3, -0.25) is 0 Å². The molecule has 0 fully saturated rings. The van der Waals surface area contributed by atoms with Crippen molar-refractivity contribution >= 4 is 15.9 Å². The number of imidazole rings is 1. The Bertz CT molecular complexity index is 578. The van der Waals surface area contributed by atoms with Gasteiger partial charge in [-0.15, -0.1) is 0 Å². The number of nitriles is 1. The van der Waals surface area contributed by atoms with Crippen molar-refractivity contribution < 1.29 is 0 Å². The molecule has 0 radical (unpaired) electrons. The van der Waals surface area contributed by atoms with Gasteiger partial charge in [-0.1, -0.05) is 28.1 Å². The van der Waals surface area contributed by atoms with E-state index in [4.69, 9.17) is 5.26 Å². The van der Waals surface area contributed by atoms with Gasteiger partial charge in [0.25, 0.3) is 0 Å². The highest BCUT2D eigenvalue weighted by atomic mass is 79.9. The van der Waals surface area contributed by atoms with E-state index in [9.17, 15) is 0 Å². The van der Waals surface area contributed by atoms with Crippen molar-refractivity contribution in [2.45, 2.75) is 19.3 Å². The number of nitrogens with one attached hydrogen (secondary N) is 1. The molecule has 0 aliphatic heterocycles. The molecule has 0 amide bonds. The van der Waals surface area contributed by atoms with Gasteiger partial charge in [0, 0.05) is 10.0 Å². The molecule has 2 aromatic rings. The van der Waals surface area contributed by atoms with Crippen molar-refractivity contribution in [1.82, 2.24) is 9.97 Å². The second kappa shape index (κ2) is 4.34. The van der Waals surface area contributed by atoms with Crippen LogP contribution in [-0.4, -0.2) is 9.97 Å². The van der Waals surface area contributed by atoms with Crippen LogP contribution in [0.1, 0.15) is 19.7 Å². The van der Waals surface area contributed by atoms with Crippen LogP contribution in [0.2, 0.25) is 0 Å². The molecular formula is C13H12BrN3. The quantitative estimate of drug-likeness (QED) is 0.918. The molecule has 1 N–H and O–H groups in total. The Morgan fingerprint density at radius 3 is 2.82 bits per heavy atom. The number of hydrogen-bond donors (Lipinski definition) is 1. The van der Waals surface area contributed by atoms with Crippen LogP contribution in [0.15, 0.2) is 34.9 Å². The van der Waals surface area contributed by atoms with Gasteiger partial charge in [-0.05, 0) is 26.0 Å². The van der Waals surface area contributed by atoms with Crippen molar-refractivity contribution in [2.75, 3.05) is 0 Å². The molecular weight excluding hydrogens is 278 g/mol. The number of H-pyrrole nitrogens is 1. The number of nitrogens with zero attached hydrogens (tertiary/aromatic N) is 2. The summed E-state index contributed by atoms with van der Waals surface area (Å²) in [7, 11) is 0. The highest BCUT2D eigenvalue weighted by Gasteiger charge is 2.23. The summed E-state index contributed by atoms with van der Waals surface area (Å²) < 4.78 is 1.02. The van der Waals surface area contributed by atoms with Gasteiger partial charge >= 0.3 is 0 Å².